The van der Waals surface area contributed by atoms with Crippen LogP contribution in [0, 0.1) is 0 Å². The molecule has 1 aliphatic rings. The van der Waals surface area contributed by atoms with Crippen LogP contribution in [0.3, 0.4) is 0 Å². The lowest BCUT2D eigenvalue weighted by atomic mass is 10.1. The summed E-state index contributed by atoms with van der Waals surface area (Å²) < 4.78 is 27.3. The molecule has 29 heavy (non-hydrogen) atoms. The molecule has 0 saturated carbocycles. The molecule has 0 bridgehead atoms. The Morgan fingerprint density at radius 1 is 1.03 bits per heavy atom. The second-order valence-electron chi connectivity index (χ2n) is 7.63. The van der Waals surface area contributed by atoms with E-state index >= 15 is 0 Å². The van der Waals surface area contributed by atoms with Gasteiger partial charge in [0.2, 0.25) is 10.0 Å². The average molecular weight is 416 g/mol. The first-order valence-corrected chi connectivity index (χ1v) is 11.4. The highest BCUT2D eigenvalue weighted by molar-refractivity contribution is 7.89. The molecule has 2 aromatic rings. The Morgan fingerprint density at radius 3 is 2.41 bits per heavy atom. The van der Waals surface area contributed by atoms with E-state index in [2.05, 4.69) is 22.3 Å². The standard InChI is InChI=1S/C22H29N3O3S/c1-18(11-12-19-7-4-3-5-8-19)23-22(26)20-9-6-10-21(17-20)29(27,28)25-15-13-24(2)14-16-25/h3-10,17-18H,11-16H2,1-2H3,(H,23,26)/t18-/m0/s1. The summed E-state index contributed by atoms with van der Waals surface area (Å²) in [5.74, 6) is -0.249. The zero-order valence-corrected chi connectivity index (χ0v) is 17.9. The Bertz CT molecular complexity index is 923. The van der Waals surface area contributed by atoms with E-state index in [1.54, 1.807) is 18.2 Å². The third-order valence-corrected chi connectivity index (χ3v) is 7.18. The molecular formula is C22H29N3O3S. The lowest BCUT2D eigenvalue weighted by Gasteiger charge is -2.31. The zero-order valence-electron chi connectivity index (χ0n) is 17.0. The van der Waals surface area contributed by atoms with Crippen LogP contribution in [0.2, 0.25) is 0 Å². The SMILES string of the molecule is C[C@@H](CCc1ccccc1)NC(=O)c1cccc(S(=O)(=O)N2CCN(C)CC2)c1. The van der Waals surface area contributed by atoms with E-state index in [9.17, 15) is 13.2 Å². The van der Waals surface area contributed by atoms with E-state index in [0.29, 0.717) is 31.7 Å². The van der Waals surface area contributed by atoms with E-state index in [-0.39, 0.29) is 16.8 Å². The molecule has 2 aromatic carbocycles. The minimum Gasteiger partial charge on any atom is -0.350 e. The van der Waals surface area contributed by atoms with E-state index in [0.717, 1.165) is 12.8 Å². The molecular weight excluding hydrogens is 386 g/mol. The van der Waals surface area contributed by atoms with Gasteiger partial charge in [0, 0.05) is 37.8 Å². The molecule has 1 saturated heterocycles. The number of carbonyl (C=O) groups is 1. The molecule has 0 radical (unpaired) electrons. The van der Waals surface area contributed by atoms with E-state index in [4.69, 9.17) is 0 Å². The number of nitrogens with one attached hydrogen (secondary N) is 1. The first-order chi connectivity index (χ1) is 13.9. The molecule has 7 heteroatoms. The van der Waals surface area contributed by atoms with Crippen molar-refractivity contribution in [2.24, 2.45) is 0 Å². The number of sulfonamides is 1. The minimum absolute atomic E-state index is 0.0133. The van der Waals surface area contributed by atoms with Crippen LogP contribution in [0.25, 0.3) is 0 Å². The summed E-state index contributed by atoms with van der Waals surface area (Å²) in [6, 6.07) is 16.4. The largest absolute Gasteiger partial charge is 0.350 e. The van der Waals surface area contributed by atoms with E-state index in [1.165, 1.54) is 15.9 Å². The summed E-state index contributed by atoms with van der Waals surface area (Å²) >= 11 is 0. The van der Waals surface area contributed by atoms with E-state index in [1.807, 2.05) is 32.2 Å². The number of carbonyl (C=O) groups excluding carboxylic acids is 1. The van der Waals surface area contributed by atoms with Gasteiger partial charge in [-0.2, -0.15) is 4.31 Å². The fraction of sp³-hybridized carbons (Fsp3) is 0.409. The number of likely N-dealkylation sites (N-methyl/N-ethyl adjacent to an activating group) is 1. The summed E-state index contributed by atoms with van der Waals surface area (Å²) in [7, 11) is -1.61. The second kappa shape index (κ2) is 9.52. The first kappa shape index (κ1) is 21.5. The van der Waals surface area contributed by atoms with Crippen LogP contribution in [0.1, 0.15) is 29.3 Å². The third-order valence-electron chi connectivity index (χ3n) is 5.28. The quantitative estimate of drug-likeness (QED) is 0.754. The van der Waals surface area contributed by atoms with Gasteiger partial charge in [0.05, 0.1) is 4.90 Å². The van der Waals surface area contributed by atoms with Crippen molar-refractivity contribution in [3.05, 3.63) is 65.7 Å². The van der Waals surface area contributed by atoms with Crippen molar-refractivity contribution in [3.8, 4) is 0 Å². The van der Waals surface area contributed by atoms with Gasteiger partial charge in [-0.25, -0.2) is 8.42 Å². The predicted octanol–water partition coefficient (Wildman–Crippen LogP) is 2.37. The topological polar surface area (TPSA) is 69.7 Å². The van der Waals surface area contributed by atoms with Gasteiger partial charge in [-0.15, -0.1) is 0 Å². The van der Waals surface area contributed by atoms with Gasteiger partial charge in [0.1, 0.15) is 0 Å². The molecule has 0 spiro atoms. The Kier molecular flexibility index (Phi) is 7.05. The average Bonchev–Trinajstić information content (AvgIpc) is 2.73. The van der Waals surface area contributed by atoms with Crippen LogP contribution in [-0.4, -0.2) is 62.8 Å². The van der Waals surface area contributed by atoms with Crippen LogP contribution in [0.15, 0.2) is 59.5 Å². The highest BCUT2D eigenvalue weighted by Crippen LogP contribution is 2.19. The van der Waals surface area contributed by atoms with Crippen molar-refractivity contribution in [1.82, 2.24) is 14.5 Å². The summed E-state index contributed by atoms with van der Waals surface area (Å²) in [4.78, 5) is 14.9. The maximum atomic E-state index is 12.9. The highest BCUT2D eigenvalue weighted by Gasteiger charge is 2.28. The van der Waals surface area contributed by atoms with Crippen LogP contribution in [0.5, 0.6) is 0 Å². The molecule has 1 aliphatic heterocycles. The number of rotatable bonds is 7. The summed E-state index contributed by atoms with van der Waals surface area (Å²) in [5, 5.41) is 2.98. The minimum atomic E-state index is -3.59. The number of nitrogens with zero attached hydrogens (tertiary/aromatic N) is 2. The molecule has 0 unspecified atom stereocenters. The Hall–Kier alpha value is -2.22. The van der Waals surface area contributed by atoms with Crippen molar-refractivity contribution >= 4 is 15.9 Å². The van der Waals surface area contributed by atoms with Crippen molar-refractivity contribution in [3.63, 3.8) is 0 Å². The van der Waals surface area contributed by atoms with Crippen molar-refractivity contribution < 1.29 is 13.2 Å². The molecule has 0 aromatic heterocycles. The highest BCUT2D eigenvalue weighted by atomic mass is 32.2. The van der Waals surface area contributed by atoms with Gasteiger partial charge in [0.15, 0.2) is 0 Å². The molecule has 3 rings (SSSR count). The Morgan fingerprint density at radius 2 is 1.72 bits per heavy atom. The third kappa shape index (κ3) is 5.65. The fourth-order valence-corrected chi connectivity index (χ4v) is 4.85. The number of hydrogen-bond acceptors (Lipinski definition) is 4. The normalized spacial score (nSPS) is 17.0. The van der Waals surface area contributed by atoms with Gasteiger partial charge in [-0.05, 0) is 50.6 Å². The fourth-order valence-electron chi connectivity index (χ4n) is 3.38. The van der Waals surface area contributed by atoms with Crippen LogP contribution >= 0.6 is 0 Å². The second-order valence-corrected chi connectivity index (χ2v) is 9.57. The van der Waals surface area contributed by atoms with E-state index < -0.39 is 10.0 Å². The number of aryl methyl sites for hydroxylation is 1. The lowest BCUT2D eigenvalue weighted by molar-refractivity contribution is 0.0938. The van der Waals surface area contributed by atoms with Crippen molar-refractivity contribution in [1.29, 1.82) is 0 Å². The zero-order chi connectivity index (χ0) is 20.9. The van der Waals surface area contributed by atoms with Crippen molar-refractivity contribution in [2.75, 3.05) is 33.2 Å². The molecule has 0 aliphatic carbocycles. The summed E-state index contributed by atoms with van der Waals surface area (Å²) in [6.45, 7) is 4.31. The molecule has 1 fully saturated rings. The smallest absolute Gasteiger partial charge is 0.251 e. The summed E-state index contributed by atoms with van der Waals surface area (Å²) in [6.07, 6.45) is 1.69. The van der Waals surface area contributed by atoms with Gasteiger partial charge in [0.25, 0.3) is 5.91 Å². The number of piperazine rings is 1. The predicted molar refractivity (Wildman–Crippen MR) is 114 cm³/mol. The molecule has 1 atom stereocenters. The molecule has 1 heterocycles. The van der Waals surface area contributed by atoms with Crippen molar-refractivity contribution in [2.45, 2.75) is 30.7 Å². The van der Waals surface area contributed by atoms with Gasteiger partial charge >= 0.3 is 0 Å². The van der Waals surface area contributed by atoms with Crippen LogP contribution in [0.4, 0.5) is 0 Å². The van der Waals surface area contributed by atoms with Gasteiger partial charge < -0.3 is 10.2 Å². The molecule has 1 amide bonds. The van der Waals surface area contributed by atoms with Crippen LogP contribution < -0.4 is 5.32 Å². The Balaban J connectivity index is 1.63. The maximum absolute atomic E-state index is 12.9. The number of hydrogen-bond donors (Lipinski definition) is 1. The maximum Gasteiger partial charge on any atom is 0.251 e. The van der Waals surface area contributed by atoms with Gasteiger partial charge in [-0.1, -0.05) is 36.4 Å². The molecule has 6 nitrogen and oxygen atoms in total. The number of amides is 1. The molecule has 156 valence electrons. The van der Waals surface area contributed by atoms with Gasteiger partial charge in [-0.3, -0.25) is 4.79 Å². The molecule has 1 N–H and O–H groups in total. The lowest BCUT2D eigenvalue weighted by Crippen LogP contribution is -2.47. The number of benzene rings is 2. The van der Waals surface area contributed by atoms with Crippen LogP contribution in [-0.2, 0) is 16.4 Å². The Labute approximate surface area is 173 Å². The summed E-state index contributed by atoms with van der Waals surface area (Å²) in [5.41, 5.74) is 1.60. The first-order valence-electron chi connectivity index (χ1n) is 10.00. The monoisotopic (exact) mass is 415 g/mol.